The molecule has 0 bridgehead atoms. The van der Waals surface area contributed by atoms with E-state index in [2.05, 4.69) is 4.72 Å². The van der Waals surface area contributed by atoms with E-state index in [0.29, 0.717) is 12.8 Å². The van der Waals surface area contributed by atoms with Gasteiger partial charge in [-0.2, -0.15) is 0 Å². The summed E-state index contributed by atoms with van der Waals surface area (Å²) in [6, 6.07) is 9.30. The Morgan fingerprint density at radius 2 is 2.00 bits per heavy atom. The summed E-state index contributed by atoms with van der Waals surface area (Å²) < 4.78 is 31.9. The highest BCUT2D eigenvalue weighted by Gasteiger charge is 2.41. The Bertz CT molecular complexity index is 556. The molecule has 20 heavy (non-hydrogen) atoms. The summed E-state index contributed by atoms with van der Waals surface area (Å²) in [5.74, 6) is -0.981. The molecule has 1 aromatic rings. The summed E-state index contributed by atoms with van der Waals surface area (Å²) in [5.41, 5.74) is 0.892. The van der Waals surface area contributed by atoms with Crippen LogP contribution in [-0.2, 0) is 26.1 Å². The third-order valence-electron chi connectivity index (χ3n) is 3.68. The predicted octanol–water partition coefficient (Wildman–Crippen LogP) is 1.45. The van der Waals surface area contributed by atoms with Crippen LogP contribution in [0.1, 0.15) is 24.8 Å². The molecule has 0 aliphatic heterocycles. The number of carbonyl (C=O) groups is 1. The molecule has 1 aliphatic rings. The van der Waals surface area contributed by atoms with E-state index in [1.807, 2.05) is 30.3 Å². The van der Waals surface area contributed by atoms with Gasteiger partial charge in [-0.05, 0) is 18.4 Å². The van der Waals surface area contributed by atoms with Gasteiger partial charge in [0, 0.05) is 6.54 Å². The van der Waals surface area contributed by atoms with E-state index >= 15 is 0 Å². The molecule has 0 radical (unpaired) electrons. The number of hydrogen-bond acceptors (Lipinski definition) is 4. The van der Waals surface area contributed by atoms with E-state index in [1.54, 1.807) is 0 Å². The minimum atomic E-state index is -3.51. The van der Waals surface area contributed by atoms with Crippen molar-refractivity contribution >= 4 is 16.0 Å². The Balaban J connectivity index is 2.04. The van der Waals surface area contributed by atoms with E-state index < -0.39 is 27.2 Å². The number of sulfonamides is 1. The molecule has 5 nitrogen and oxygen atoms in total. The smallest absolute Gasteiger partial charge is 0.310 e. The first-order valence-corrected chi connectivity index (χ1v) is 8.19. The van der Waals surface area contributed by atoms with E-state index in [-0.39, 0.29) is 6.54 Å². The van der Waals surface area contributed by atoms with E-state index in [9.17, 15) is 13.2 Å². The zero-order valence-electron chi connectivity index (χ0n) is 11.4. The molecule has 0 saturated heterocycles. The number of hydrogen-bond donors (Lipinski definition) is 1. The summed E-state index contributed by atoms with van der Waals surface area (Å²) >= 11 is 0. The molecule has 1 aromatic carbocycles. The highest BCUT2D eigenvalue weighted by Crippen LogP contribution is 2.31. The van der Waals surface area contributed by atoms with Crippen LogP contribution in [0, 0.1) is 5.92 Å². The number of rotatable bonds is 5. The fourth-order valence-corrected chi connectivity index (χ4v) is 4.34. The number of ether oxygens (including phenoxy) is 1. The lowest BCUT2D eigenvalue weighted by molar-refractivity contribution is -0.145. The first kappa shape index (κ1) is 15.0. The summed E-state index contributed by atoms with van der Waals surface area (Å²) in [6.07, 6.45) is 1.81. The Kier molecular flexibility index (Phi) is 4.77. The van der Waals surface area contributed by atoms with Gasteiger partial charge < -0.3 is 4.74 Å². The second kappa shape index (κ2) is 6.37. The minimum absolute atomic E-state index is 0.244. The fourth-order valence-electron chi connectivity index (χ4n) is 2.61. The first-order chi connectivity index (χ1) is 9.54. The normalized spacial score (nSPS) is 22.6. The Morgan fingerprint density at radius 3 is 2.65 bits per heavy atom. The SMILES string of the molecule is COC(=O)C1CCCC1S(=O)(=O)NCc1ccccc1. The molecule has 110 valence electrons. The average molecular weight is 297 g/mol. The van der Waals surface area contributed by atoms with Crippen molar-refractivity contribution in [1.82, 2.24) is 4.72 Å². The maximum atomic E-state index is 12.3. The molecule has 6 heteroatoms. The number of nitrogens with one attached hydrogen (secondary N) is 1. The topological polar surface area (TPSA) is 72.5 Å². The van der Waals surface area contributed by atoms with Crippen LogP contribution in [0.3, 0.4) is 0 Å². The lowest BCUT2D eigenvalue weighted by Gasteiger charge is -2.18. The number of methoxy groups -OCH3 is 1. The predicted molar refractivity (Wildman–Crippen MR) is 75.3 cm³/mol. The van der Waals surface area contributed by atoms with Gasteiger partial charge in [-0.1, -0.05) is 36.8 Å². The molecule has 0 amide bonds. The maximum Gasteiger partial charge on any atom is 0.310 e. The van der Waals surface area contributed by atoms with Crippen molar-refractivity contribution in [3.05, 3.63) is 35.9 Å². The van der Waals surface area contributed by atoms with Gasteiger partial charge in [0.05, 0.1) is 18.3 Å². The lowest BCUT2D eigenvalue weighted by Crippen LogP contribution is -2.39. The molecule has 2 atom stereocenters. The van der Waals surface area contributed by atoms with Crippen LogP contribution in [0.25, 0.3) is 0 Å². The first-order valence-electron chi connectivity index (χ1n) is 6.65. The molecule has 1 fully saturated rings. The van der Waals surface area contributed by atoms with Crippen molar-refractivity contribution in [2.45, 2.75) is 31.1 Å². The third-order valence-corrected chi connectivity index (χ3v) is 5.58. The summed E-state index contributed by atoms with van der Waals surface area (Å²) in [4.78, 5) is 11.6. The fraction of sp³-hybridized carbons (Fsp3) is 0.500. The van der Waals surface area contributed by atoms with Crippen molar-refractivity contribution in [3.63, 3.8) is 0 Å². The van der Waals surface area contributed by atoms with Gasteiger partial charge >= 0.3 is 5.97 Å². The van der Waals surface area contributed by atoms with Crippen LogP contribution in [0.2, 0.25) is 0 Å². The molecular weight excluding hydrogens is 278 g/mol. The number of benzene rings is 1. The van der Waals surface area contributed by atoms with Gasteiger partial charge in [-0.15, -0.1) is 0 Å². The highest BCUT2D eigenvalue weighted by atomic mass is 32.2. The standard InChI is InChI=1S/C14H19NO4S/c1-19-14(16)12-8-5-9-13(12)20(17,18)15-10-11-6-3-2-4-7-11/h2-4,6-7,12-13,15H,5,8-10H2,1H3. The largest absolute Gasteiger partial charge is 0.469 e. The molecule has 0 aromatic heterocycles. The number of esters is 1. The van der Waals surface area contributed by atoms with Crippen molar-refractivity contribution in [2.75, 3.05) is 7.11 Å². The Labute approximate surface area is 119 Å². The van der Waals surface area contributed by atoms with Gasteiger partial charge in [0.15, 0.2) is 0 Å². The molecule has 0 heterocycles. The second-order valence-corrected chi connectivity index (χ2v) is 6.93. The lowest BCUT2D eigenvalue weighted by atomic mass is 10.1. The van der Waals surface area contributed by atoms with Crippen LogP contribution in [0.15, 0.2) is 30.3 Å². The summed E-state index contributed by atoms with van der Waals surface area (Å²) in [7, 11) is -2.22. The molecule has 2 rings (SSSR count). The van der Waals surface area contributed by atoms with Crippen LogP contribution >= 0.6 is 0 Å². The zero-order valence-corrected chi connectivity index (χ0v) is 12.2. The van der Waals surface area contributed by atoms with Gasteiger partial charge in [-0.3, -0.25) is 4.79 Å². The Hall–Kier alpha value is -1.40. The summed E-state index contributed by atoms with van der Waals surface area (Å²) in [5, 5.41) is -0.682. The van der Waals surface area contributed by atoms with Crippen LogP contribution < -0.4 is 4.72 Å². The van der Waals surface area contributed by atoms with Crippen LogP contribution in [0.4, 0.5) is 0 Å². The van der Waals surface area contributed by atoms with Crippen molar-refractivity contribution in [3.8, 4) is 0 Å². The molecule has 1 saturated carbocycles. The van der Waals surface area contributed by atoms with Gasteiger partial charge in [0.25, 0.3) is 0 Å². The van der Waals surface area contributed by atoms with Crippen molar-refractivity contribution in [2.24, 2.45) is 5.92 Å². The number of carbonyl (C=O) groups excluding carboxylic acids is 1. The monoisotopic (exact) mass is 297 g/mol. The molecule has 2 unspecified atom stereocenters. The zero-order chi connectivity index (χ0) is 14.6. The third kappa shape index (κ3) is 3.37. The van der Waals surface area contributed by atoms with E-state index in [4.69, 9.17) is 4.74 Å². The van der Waals surface area contributed by atoms with Crippen LogP contribution in [0.5, 0.6) is 0 Å². The minimum Gasteiger partial charge on any atom is -0.469 e. The summed E-state index contributed by atoms with van der Waals surface area (Å²) in [6.45, 7) is 0.244. The van der Waals surface area contributed by atoms with Crippen molar-refractivity contribution < 1.29 is 17.9 Å². The molecule has 1 aliphatic carbocycles. The highest BCUT2D eigenvalue weighted by molar-refractivity contribution is 7.90. The molecule has 0 spiro atoms. The molecule has 1 N–H and O–H groups in total. The quantitative estimate of drug-likeness (QED) is 0.835. The van der Waals surface area contributed by atoms with E-state index in [1.165, 1.54) is 7.11 Å². The maximum absolute atomic E-state index is 12.3. The van der Waals surface area contributed by atoms with Gasteiger partial charge in [-0.25, -0.2) is 13.1 Å². The van der Waals surface area contributed by atoms with E-state index in [0.717, 1.165) is 12.0 Å². The molecular formula is C14H19NO4S. The van der Waals surface area contributed by atoms with Crippen molar-refractivity contribution in [1.29, 1.82) is 0 Å². The van der Waals surface area contributed by atoms with Crippen LogP contribution in [-0.4, -0.2) is 26.7 Å². The average Bonchev–Trinajstić information content (AvgIpc) is 2.96. The Morgan fingerprint density at radius 1 is 1.30 bits per heavy atom. The second-order valence-electron chi connectivity index (χ2n) is 4.95. The van der Waals surface area contributed by atoms with Gasteiger partial charge in [0.2, 0.25) is 10.0 Å². The van der Waals surface area contributed by atoms with Gasteiger partial charge in [0.1, 0.15) is 0 Å².